The number of nitrogens with two attached hydrogens (primary N) is 1. The highest BCUT2D eigenvalue weighted by atomic mass is 16.5. The lowest BCUT2D eigenvalue weighted by molar-refractivity contribution is 0.0908. The summed E-state index contributed by atoms with van der Waals surface area (Å²) in [6.07, 6.45) is 2.50. The summed E-state index contributed by atoms with van der Waals surface area (Å²) in [5.74, 6) is 0.937. The minimum Gasteiger partial charge on any atom is -0.497 e. The van der Waals surface area contributed by atoms with Gasteiger partial charge in [0, 0.05) is 25.2 Å². The average molecular weight is 275 g/mol. The second-order valence-corrected chi connectivity index (χ2v) is 6.02. The zero-order valence-electron chi connectivity index (χ0n) is 12.5. The number of fused-ring (bicyclic) bond motifs is 1. The molecule has 1 aromatic carbocycles. The van der Waals surface area contributed by atoms with Gasteiger partial charge in [-0.05, 0) is 56.2 Å². The molecule has 0 spiro atoms. The first-order valence-electron chi connectivity index (χ1n) is 7.54. The number of methoxy groups -OCH3 is 1. The van der Waals surface area contributed by atoms with Crippen molar-refractivity contribution in [2.45, 2.75) is 31.5 Å². The maximum atomic E-state index is 6.07. The predicted molar refractivity (Wildman–Crippen MR) is 80.9 cm³/mol. The molecule has 1 unspecified atom stereocenters. The van der Waals surface area contributed by atoms with Crippen LogP contribution in [0.4, 0.5) is 0 Å². The highest BCUT2D eigenvalue weighted by Gasteiger charge is 2.35. The quantitative estimate of drug-likeness (QED) is 0.910. The number of hydrogen-bond acceptors (Lipinski definition) is 4. The Balaban J connectivity index is 1.81. The van der Waals surface area contributed by atoms with Gasteiger partial charge in [-0.2, -0.15) is 0 Å². The van der Waals surface area contributed by atoms with Gasteiger partial charge in [0.25, 0.3) is 0 Å². The SMILES string of the molecule is COc1ccc2c(c1)C(CN)N(C1CCN(C)CC1)C2. The van der Waals surface area contributed by atoms with Crippen LogP contribution < -0.4 is 10.5 Å². The fourth-order valence-electron chi connectivity index (χ4n) is 3.61. The highest BCUT2D eigenvalue weighted by molar-refractivity contribution is 5.41. The minimum absolute atomic E-state index is 0.355. The summed E-state index contributed by atoms with van der Waals surface area (Å²) in [6, 6.07) is 7.45. The van der Waals surface area contributed by atoms with E-state index in [1.54, 1.807) is 7.11 Å². The molecule has 2 heterocycles. The van der Waals surface area contributed by atoms with Crippen molar-refractivity contribution in [1.82, 2.24) is 9.80 Å². The van der Waals surface area contributed by atoms with Gasteiger partial charge in [0.2, 0.25) is 0 Å². The van der Waals surface area contributed by atoms with Crippen LogP contribution in [0.1, 0.15) is 30.0 Å². The summed E-state index contributed by atoms with van der Waals surface area (Å²) in [7, 11) is 3.93. The molecule has 3 rings (SSSR count). The molecule has 0 radical (unpaired) electrons. The van der Waals surface area contributed by atoms with Crippen LogP contribution in [0.15, 0.2) is 18.2 Å². The molecule has 1 fully saturated rings. The van der Waals surface area contributed by atoms with E-state index in [0.29, 0.717) is 18.6 Å². The normalized spacial score (nSPS) is 24.9. The van der Waals surface area contributed by atoms with Crippen molar-refractivity contribution in [3.05, 3.63) is 29.3 Å². The topological polar surface area (TPSA) is 41.7 Å². The van der Waals surface area contributed by atoms with E-state index < -0.39 is 0 Å². The summed E-state index contributed by atoms with van der Waals surface area (Å²) in [5, 5.41) is 0. The Morgan fingerprint density at radius 1 is 1.30 bits per heavy atom. The van der Waals surface area contributed by atoms with E-state index in [-0.39, 0.29) is 0 Å². The van der Waals surface area contributed by atoms with E-state index in [2.05, 4.69) is 35.0 Å². The van der Waals surface area contributed by atoms with Gasteiger partial charge in [-0.3, -0.25) is 4.90 Å². The summed E-state index contributed by atoms with van der Waals surface area (Å²) in [5.41, 5.74) is 8.85. The van der Waals surface area contributed by atoms with E-state index >= 15 is 0 Å². The molecule has 0 bridgehead atoms. The number of likely N-dealkylation sites (tertiary alicyclic amines) is 1. The summed E-state index contributed by atoms with van der Waals surface area (Å²) in [4.78, 5) is 5.03. The van der Waals surface area contributed by atoms with Gasteiger partial charge >= 0.3 is 0 Å². The van der Waals surface area contributed by atoms with Crippen molar-refractivity contribution in [3.63, 3.8) is 0 Å². The van der Waals surface area contributed by atoms with Crippen LogP contribution in [-0.4, -0.2) is 49.6 Å². The summed E-state index contributed by atoms with van der Waals surface area (Å²) < 4.78 is 5.36. The molecule has 0 amide bonds. The van der Waals surface area contributed by atoms with Crippen molar-refractivity contribution in [3.8, 4) is 5.75 Å². The molecule has 4 nitrogen and oxygen atoms in total. The summed E-state index contributed by atoms with van der Waals surface area (Å²) in [6.45, 7) is 4.11. The third-order valence-corrected chi connectivity index (χ3v) is 4.85. The Bertz CT molecular complexity index is 469. The second kappa shape index (κ2) is 5.72. The molecule has 1 saturated heterocycles. The first-order chi connectivity index (χ1) is 9.72. The molecule has 2 aliphatic heterocycles. The van der Waals surface area contributed by atoms with Crippen LogP contribution in [-0.2, 0) is 6.54 Å². The van der Waals surface area contributed by atoms with Crippen molar-refractivity contribution in [2.24, 2.45) is 5.73 Å². The van der Waals surface area contributed by atoms with Crippen LogP contribution in [0.25, 0.3) is 0 Å². The standard InChI is InChI=1S/C16H25N3O/c1-18-7-5-13(6-8-18)19-11-12-3-4-14(20-2)9-15(12)16(19)10-17/h3-4,9,13,16H,5-8,10-11,17H2,1-2H3. The average Bonchev–Trinajstić information content (AvgIpc) is 2.85. The van der Waals surface area contributed by atoms with Crippen LogP contribution in [0, 0.1) is 0 Å². The van der Waals surface area contributed by atoms with Gasteiger partial charge in [0.15, 0.2) is 0 Å². The largest absolute Gasteiger partial charge is 0.497 e. The van der Waals surface area contributed by atoms with Crippen molar-refractivity contribution in [2.75, 3.05) is 33.8 Å². The first kappa shape index (κ1) is 13.9. The Labute approximate surface area is 121 Å². The van der Waals surface area contributed by atoms with Crippen molar-refractivity contribution < 1.29 is 4.74 Å². The van der Waals surface area contributed by atoms with Gasteiger partial charge in [0.1, 0.15) is 5.75 Å². The lowest BCUT2D eigenvalue weighted by Crippen LogP contribution is -2.44. The van der Waals surface area contributed by atoms with Crippen LogP contribution in [0.3, 0.4) is 0 Å². The second-order valence-electron chi connectivity index (χ2n) is 6.02. The van der Waals surface area contributed by atoms with Gasteiger partial charge in [-0.15, -0.1) is 0 Å². The molecule has 20 heavy (non-hydrogen) atoms. The predicted octanol–water partition coefficient (Wildman–Crippen LogP) is 1.60. The molecule has 1 aromatic rings. The van der Waals surface area contributed by atoms with E-state index in [1.807, 2.05) is 0 Å². The number of hydrogen-bond donors (Lipinski definition) is 1. The molecule has 2 aliphatic rings. The molecule has 110 valence electrons. The molecule has 1 atom stereocenters. The zero-order chi connectivity index (χ0) is 14.1. The fraction of sp³-hybridized carbons (Fsp3) is 0.625. The van der Waals surface area contributed by atoms with E-state index in [9.17, 15) is 0 Å². The molecule has 4 heteroatoms. The monoisotopic (exact) mass is 275 g/mol. The Morgan fingerprint density at radius 2 is 2.05 bits per heavy atom. The molecular weight excluding hydrogens is 250 g/mol. The third kappa shape index (κ3) is 2.43. The van der Waals surface area contributed by atoms with Crippen molar-refractivity contribution in [1.29, 1.82) is 0 Å². The maximum absolute atomic E-state index is 6.07. The fourth-order valence-corrected chi connectivity index (χ4v) is 3.61. The van der Waals surface area contributed by atoms with E-state index in [1.165, 1.54) is 37.1 Å². The van der Waals surface area contributed by atoms with E-state index in [0.717, 1.165) is 12.3 Å². The first-order valence-corrected chi connectivity index (χ1v) is 7.54. The Morgan fingerprint density at radius 3 is 2.70 bits per heavy atom. The minimum atomic E-state index is 0.355. The van der Waals surface area contributed by atoms with Gasteiger partial charge in [-0.1, -0.05) is 6.07 Å². The van der Waals surface area contributed by atoms with Gasteiger partial charge < -0.3 is 15.4 Å². The maximum Gasteiger partial charge on any atom is 0.119 e. The molecular formula is C16H25N3O. The van der Waals surface area contributed by atoms with Crippen LogP contribution >= 0.6 is 0 Å². The summed E-state index contributed by atoms with van der Waals surface area (Å²) >= 11 is 0. The lowest BCUT2D eigenvalue weighted by Gasteiger charge is -2.38. The molecule has 0 saturated carbocycles. The van der Waals surface area contributed by atoms with Crippen LogP contribution in [0.2, 0.25) is 0 Å². The lowest BCUT2D eigenvalue weighted by atomic mass is 10.0. The van der Waals surface area contributed by atoms with Crippen LogP contribution in [0.5, 0.6) is 5.75 Å². The molecule has 2 N–H and O–H groups in total. The number of ether oxygens (including phenoxy) is 1. The Kier molecular flexibility index (Phi) is 3.96. The van der Waals surface area contributed by atoms with Gasteiger partial charge in [-0.25, -0.2) is 0 Å². The Hall–Kier alpha value is -1.10. The number of nitrogens with zero attached hydrogens (tertiary/aromatic N) is 2. The smallest absolute Gasteiger partial charge is 0.119 e. The van der Waals surface area contributed by atoms with E-state index in [4.69, 9.17) is 10.5 Å². The molecule has 0 aliphatic carbocycles. The van der Waals surface area contributed by atoms with Gasteiger partial charge in [0.05, 0.1) is 7.11 Å². The highest BCUT2D eigenvalue weighted by Crippen LogP contribution is 2.38. The number of rotatable bonds is 3. The number of benzene rings is 1. The van der Waals surface area contributed by atoms with Crippen molar-refractivity contribution >= 4 is 0 Å². The number of piperidine rings is 1. The molecule has 0 aromatic heterocycles. The third-order valence-electron chi connectivity index (χ3n) is 4.85. The zero-order valence-corrected chi connectivity index (χ0v) is 12.5.